The summed E-state index contributed by atoms with van der Waals surface area (Å²) in [7, 11) is 0. The molecule has 326 valence electrons. The van der Waals surface area contributed by atoms with Crippen molar-refractivity contribution in [1.29, 1.82) is 0 Å². The standard InChI is InChI=1S/C64H37N3O2S/c1-3-17-39(18-4-1)64(40-19-5-2-6-20-40)49-28-10-7-21-42(49)57-41(24-13-29-50(57)64)38-35-36-52-48(37-38)59-46(26-15-32-54(59)69-52)62-65-61(45-25-14-31-53-58(45)43-22-8-11-30-51(43)68-53)66-63(67-62)47-27-16-34-56-60(47)44-23-9-12-33-55(44)70-56/h1-37H. The predicted molar refractivity (Wildman–Crippen MR) is 286 cm³/mol. The molecule has 10 aromatic carbocycles. The van der Waals surface area contributed by atoms with Gasteiger partial charge in [0.1, 0.15) is 22.3 Å². The molecular formula is C64H37N3O2S. The van der Waals surface area contributed by atoms with Gasteiger partial charge >= 0.3 is 0 Å². The lowest BCUT2D eigenvalue weighted by molar-refractivity contribution is 0.668. The molecule has 70 heavy (non-hydrogen) atoms. The monoisotopic (exact) mass is 911 g/mol. The molecule has 0 fully saturated rings. The molecule has 1 aliphatic carbocycles. The van der Waals surface area contributed by atoms with Crippen molar-refractivity contribution < 1.29 is 8.83 Å². The molecule has 0 amide bonds. The molecule has 0 atom stereocenters. The zero-order chi connectivity index (χ0) is 45.9. The van der Waals surface area contributed by atoms with Crippen LogP contribution in [0.2, 0.25) is 0 Å². The molecule has 0 radical (unpaired) electrons. The average molecular weight is 912 g/mol. The predicted octanol–water partition coefficient (Wildman–Crippen LogP) is 17.1. The molecule has 15 rings (SSSR count). The summed E-state index contributed by atoms with van der Waals surface area (Å²) in [5.41, 5.74) is 15.1. The Kier molecular flexibility index (Phi) is 8.38. The lowest BCUT2D eigenvalue weighted by Crippen LogP contribution is -2.28. The smallest absolute Gasteiger partial charge is 0.164 e. The van der Waals surface area contributed by atoms with Gasteiger partial charge in [0.05, 0.1) is 5.41 Å². The quantitative estimate of drug-likeness (QED) is 0.166. The molecule has 4 heterocycles. The highest BCUT2D eigenvalue weighted by molar-refractivity contribution is 7.25. The van der Waals surface area contributed by atoms with Gasteiger partial charge in [-0.2, -0.15) is 0 Å². The topological polar surface area (TPSA) is 65.0 Å². The van der Waals surface area contributed by atoms with Gasteiger partial charge in [0.25, 0.3) is 0 Å². The van der Waals surface area contributed by atoms with Gasteiger partial charge in [-0.1, -0.05) is 182 Å². The molecule has 0 aliphatic heterocycles. The molecular weight excluding hydrogens is 875 g/mol. The number of aromatic nitrogens is 3. The van der Waals surface area contributed by atoms with Crippen molar-refractivity contribution in [2.45, 2.75) is 5.41 Å². The Balaban J connectivity index is 0.976. The summed E-state index contributed by atoms with van der Waals surface area (Å²) in [5.74, 6) is 1.73. The average Bonchev–Trinajstić information content (AvgIpc) is 4.19. The number of fused-ring (bicyclic) bond motifs is 12. The van der Waals surface area contributed by atoms with Crippen LogP contribution < -0.4 is 0 Å². The molecule has 0 bridgehead atoms. The zero-order valence-electron chi connectivity index (χ0n) is 37.4. The van der Waals surface area contributed by atoms with E-state index in [4.69, 9.17) is 23.8 Å². The van der Waals surface area contributed by atoms with E-state index in [1.807, 2.05) is 42.5 Å². The Morgan fingerprint density at radius 2 is 0.814 bits per heavy atom. The molecule has 0 saturated carbocycles. The van der Waals surface area contributed by atoms with E-state index in [0.717, 1.165) is 77.1 Å². The van der Waals surface area contributed by atoms with Crippen molar-refractivity contribution in [3.05, 3.63) is 247 Å². The third-order valence-corrected chi connectivity index (χ3v) is 15.6. The number of hydrogen-bond donors (Lipinski definition) is 0. The summed E-state index contributed by atoms with van der Waals surface area (Å²) in [6.07, 6.45) is 0. The van der Waals surface area contributed by atoms with Gasteiger partial charge in [-0.25, -0.2) is 15.0 Å². The third kappa shape index (κ3) is 5.56. The van der Waals surface area contributed by atoms with Crippen LogP contribution in [0.15, 0.2) is 233 Å². The van der Waals surface area contributed by atoms with E-state index in [2.05, 4.69) is 182 Å². The van der Waals surface area contributed by atoms with E-state index in [-0.39, 0.29) is 0 Å². The number of furan rings is 2. The van der Waals surface area contributed by atoms with Crippen molar-refractivity contribution in [2.75, 3.05) is 0 Å². The Morgan fingerprint density at radius 3 is 1.53 bits per heavy atom. The van der Waals surface area contributed by atoms with Crippen molar-refractivity contribution >= 4 is 75.4 Å². The van der Waals surface area contributed by atoms with Crippen LogP contribution in [-0.4, -0.2) is 15.0 Å². The molecule has 6 heteroatoms. The van der Waals surface area contributed by atoms with Crippen LogP contribution in [0.4, 0.5) is 0 Å². The Labute approximate surface area is 405 Å². The molecule has 1 aliphatic rings. The summed E-state index contributed by atoms with van der Waals surface area (Å²) in [4.78, 5) is 16.3. The second-order valence-electron chi connectivity index (χ2n) is 18.1. The first-order chi connectivity index (χ1) is 34.7. The SMILES string of the molecule is c1ccc(C2(c3ccccc3)c3ccccc3-c3c(-c4ccc5oc6cccc(-c7nc(-c8cccc9oc%10ccccc%10c89)nc(-c8cccc9sc%10ccccc%10c89)n7)c6c5c4)cccc32)cc1. The van der Waals surface area contributed by atoms with Gasteiger partial charge in [-0.05, 0) is 87.0 Å². The zero-order valence-corrected chi connectivity index (χ0v) is 38.2. The van der Waals surface area contributed by atoms with Crippen LogP contribution in [0, 0.1) is 0 Å². The number of rotatable bonds is 6. The van der Waals surface area contributed by atoms with Gasteiger partial charge in [-0.15, -0.1) is 11.3 Å². The second-order valence-corrected chi connectivity index (χ2v) is 19.2. The minimum Gasteiger partial charge on any atom is -0.456 e. The van der Waals surface area contributed by atoms with E-state index in [9.17, 15) is 0 Å². The summed E-state index contributed by atoms with van der Waals surface area (Å²) in [6, 6.07) is 79.8. The van der Waals surface area contributed by atoms with Crippen LogP contribution in [0.25, 0.3) is 120 Å². The second kappa shape index (κ2) is 15.0. The van der Waals surface area contributed by atoms with Crippen molar-refractivity contribution in [1.82, 2.24) is 15.0 Å². The maximum absolute atomic E-state index is 6.74. The highest BCUT2D eigenvalue weighted by Gasteiger charge is 2.46. The highest BCUT2D eigenvalue weighted by atomic mass is 32.1. The Hall–Kier alpha value is -8.97. The van der Waals surface area contributed by atoms with Crippen molar-refractivity contribution in [2.24, 2.45) is 0 Å². The minimum atomic E-state index is -0.509. The van der Waals surface area contributed by atoms with E-state index in [1.54, 1.807) is 11.3 Å². The first-order valence-electron chi connectivity index (χ1n) is 23.6. The van der Waals surface area contributed by atoms with Crippen LogP contribution in [0.1, 0.15) is 22.3 Å². The Morgan fingerprint density at radius 1 is 0.329 bits per heavy atom. The number of thiophene rings is 1. The number of para-hydroxylation sites is 1. The largest absolute Gasteiger partial charge is 0.456 e. The molecule has 5 nitrogen and oxygen atoms in total. The summed E-state index contributed by atoms with van der Waals surface area (Å²) >= 11 is 1.78. The van der Waals surface area contributed by atoms with E-state index in [1.165, 1.54) is 48.2 Å². The molecule has 4 aromatic heterocycles. The van der Waals surface area contributed by atoms with E-state index >= 15 is 0 Å². The van der Waals surface area contributed by atoms with Crippen LogP contribution in [0.5, 0.6) is 0 Å². The maximum atomic E-state index is 6.74. The van der Waals surface area contributed by atoms with Gasteiger partial charge < -0.3 is 8.83 Å². The molecule has 0 spiro atoms. The van der Waals surface area contributed by atoms with Gasteiger partial charge in [0, 0.05) is 58.4 Å². The highest BCUT2D eigenvalue weighted by Crippen LogP contribution is 2.58. The van der Waals surface area contributed by atoms with E-state index < -0.39 is 5.41 Å². The lowest BCUT2D eigenvalue weighted by atomic mass is 9.67. The minimum absolute atomic E-state index is 0.509. The summed E-state index contributed by atoms with van der Waals surface area (Å²) in [6.45, 7) is 0. The van der Waals surface area contributed by atoms with Crippen LogP contribution in [0.3, 0.4) is 0 Å². The molecule has 0 saturated heterocycles. The van der Waals surface area contributed by atoms with Gasteiger partial charge in [-0.3, -0.25) is 0 Å². The molecule has 0 N–H and O–H groups in total. The number of nitrogens with zero attached hydrogens (tertiary/aromatic N) is 3. The fourth-order valence-corrected chi connectivity index (χ4v) is 12.7. The third-order valence-electron chi connectivity index (χ3n) is 14.5. The normalized spacial score (nSPS) is 13.0. The fourth-order valence-electron chi connectivity index (χ4n) is 11.6. The molecule has 0 unspecified atom stereocenters. The first kappa shape index (κ1) is 39.1. The molecule has 14 aromatic rings. The summed E-state index contributed by atoms with van der Waals surface area (Å²) in [5, 5.41) is 6.23. The fraction of sp³-hybridized carbons (Fsp3) is 0.0156. The maximum Gasteiger partial charge on any atom is 0.164 e. The van der Waals surface area contributed by atoms with Crippen LogP contribution in [-0.2, 0) is 5.41 Å². The van der Waals surface area contributed by atoms with Crippen molar-refractivity contribution in [3.63, 3.8) is 0 Å². The van der Waals surface area contributed by atoms with Gasteiger partial charge in [0.15, 0.2) is 17.5 Å². The van der Waals surface area contributed by atoms with Crippen LogP contribution >= 0.6 is 11.3 Å². The first-order valence-corrected chi connectivity index (χ1v) is 24.4. The van der Waals surface area contributed by atoms with Gasteiger partial charge in [0.2, 0.25) is 0 Å². The van der Waals surface area contributed by atoms with Crippen molar-refractivity contribution in [3.8, 4) is 56.4 Å². The number of benzene rings is 10. The lowest BCUT2D eigenvalue weighted by Gasteiger charge is -2.34. The number of hydrogen-bond acceptors (Lipinski definition) is 6. The van der Waals surface area contributed by atoms with E-state index in [0.29, 0.717) is 17.5 Å². The summed E-state index contributed by atoms with van der Waals surface area (Å²) < 4.78 is 15.5. The Bertz CT molecular complexity index is 4260.